The van der Waals surface area contributed by atoms with E-state index in [2.05, 4.69) is 4.98 Å². The van der Waals surface area contributed by atoms with Crippen molar-refractivity contribution in [2.24, 2.45) is 0 Å². The maximum absolute atomic E-state index is 12.2. The zero-order valence-electron chi connectivity index (χ0n) is 12.6. The average molecular weight is 349 g/mol. The fraction of sp³-hybridized carbons (Fsp3) is 0.714. The number of hydrogen-bond acceptors (Lipinski definition) is 5. The van der Waals surface area contributed by atoms with E-state index in [9.17, 15) is 4.79 Å². The zero-order valence-corrected chi connectivity index (χ0v) is 15.0. The first-order chi connectivity index (χ1) is 9.85. The smallest absolute Gasteiger partial charge is 0.410 e. The molecular formula is C14H21ClN2O2S2. The highest BCUT2D eigenvalue weighted by atomic mass is 35.5. The Kier molecular flexibility index (Phi) is 5.80. The summed E-state index contributed by atoms with van der Waals surface area (Å²) in [6, 6.07) is 0.272. The summed E-state index contributed by atoms with van der Waals surface area (Å²) in [5.41, 5.74) is -0.434. The third kappa shape index (κ3) is 5.34. The van der Waals surface area contributed by atoms with Crippen molar-refractivity contribution in [1.82, 2.24) is 9.88 Å². The molecule has 1 aliphatic rings. The van der Waals surface area contributed by atoms with E-state index in [4.69, 9.17) is 16.3 Å². The fourth-order valence-electron chi connectivity index (χ4n) is 2.22. The molecule has 0 aromatic carbocycles. The zero-order chi connectivity index (χ0) is 15.5. The minimum atomic E-state index is -0.434. The molecule has 1 aromatic heterocycles. The minimum absolute atomic E-state index is 0.188. The Bertz CT molecular complexity index is 488. The highest BCUT2D eigenvalue weighted by Gasteiger charge is 2.31. The van der Waals surface area contributed by atoms with Crippen LogP contribution in [0.2, 0.25) is 4.47 Å². The Labute approximate surface area is 139 Å². The summed E-state index contributed by atoms with van der Waals surface area (Å²) in [4.78, 5) is 19.3. The lowest BCUT2D eigenvalue weighted by molar-refractivity contribution is 0.0242. The van der Waals surface area contributed by atoms with Crippen LogP contribution >= 0.6 is 34.7 Å². The molecule has 4 nitrogen and oxygen atoms in total. The Morgan fingerprint density at radius 1 is 1.62 bits per heavy atom. The standard InChI is InChI=1S/C14H21ClN2O2S2/c1-14(2,3)19-13(18)17-6-4-5-10(17)8-20-9-11-7-16-12(15)21-11/h7,10H,4-6,8-9H2,1-3H3/t10-/m0/s1. The molecule has 2 rings (SSSR count). The molecule has 0 aliphatic carbocycles. The predicted molar refractivity (Wildman–Crippen MR) is 89.2 cm³/mol. The molecule has 0 bridgehead atoms. The Hall–Kier alpha value is -0.460. The molecule has 0 N–H and O–H groups in total. The quantitative estimate of drug-likeness (QED) is 0.807. The van der Waals surface area contributed by atoms with Gasteiger partial charge in [0.2, 0.25) is 0 Å². The molecule has 1 aromatic rings. The molecule has 1 fully saturated rings. The van der Waals surface area contributed by atoms with Crippen LogP contribution < -0.4 is 0 Å². The molecule has 0 unspecified atom stereocenters. The molecule has 1 aliphatic heterocycles. The van der Waals surface area contributed by atoms with Crippen LogP contribution in [0.15, 0.2) is 6.20 Å². The number of hydrogen-bond donors (Lipinski definition) is 0. The molecule has 21 heavy (non-hydrogen) atoms. The van der Waals surface area contributed by atoms with Gasteiger partial charge in [-0.15, -0.1) is 11.3 Å². The van der Waals surface area contributed by atoms with Crippen molar-refractivity contribution in [3.05, 3.63) is 15.5 Å². The summed E-state index contributed by atoms with van der Waals surface area (Å²) >= 11 is 9.15. The van der Waals surface area contributed by atoms with Crippen molar-refractivity contribution < 1.29 is 9.53 Å². The predicted octanol–water partition coefficient (Wildman–Crippen LogP) is 4.43. The lowest BCUT2D eigenvalue weighted by atomic mass is 10.2. The van der Waals surface area contributed by atoms with Gasteiger partial charge in [0.1, 0.15) is 5.60 Å². The monoisotopic (exact) mass is 348 g/mol. The lowest BCUT2D eigenvalue weighted by Gasteiger charge is -2.28. The molecule has 1 amide bonds. The number of ether oxygens (including phenoxy) is 1. The van der Waals surface area contributed by atoms with Gasteiger partial charge in [-0.3, -0.25) is 0 Å². The van der Waals surface area contributed by atoms with Crippen LogP contribution in [-0.2, 0) is 10.5 Å². The number of nitrogens with zero attached hydrogens (tertiary/aromatic N) is 2. The van der Waals surface area contributed by atoms with E-state index in [1.807, 2.05) is 43.6 Å². The van der Waals surface area contributed by atoms with E-state index in [1.54, 1.807) is 0 Å². The third-order valence-electron chi connectivity index (χ3n) is 3.09. The van der Waals surface area contributed by atoms with Gasteiger partial charge in [-0.1, -0.05) is 11.6 Å². The molecule has 0 radical (unpaired) electrons. The van der Waals surface area contributed by atoms with Crippen molar-refractivity contribution in [2.75, 3.05) is 12.3 Å². The van der Waals surface area contributed by atoms with Gasteiger partial charge >= 0.3 is 6.09 Å². The van der Waals surface area contributed by atoms with Crippen molar-refractivity contribution >= 4 is 40.8 Å². The van der Waals surface area contributed by atoms with Crippen LogP contribution in [0.4, 0.5) is 4.79 Å². The summed E-state index contributed by atoms with van der Waals surface area (Å²) in [5.74, 6) is 1.82. The van der Waals surface area contributed by atoms with Crippen LogP contribution in [0.1, 0.15) is 38.5 Å². The number of halogens is 1. The topological polar surface area (TPSA) is 42.4 Å². The first kappa shape index (κ1) is 16.9. The fourth-order valence-corrected chi connectivity index (χ4v) is 4.49. The maximum atomic E-state index is 12.2. The first-order valence-corrected chi connectivity index (χ1v) is 9.37. The Morgan fingerprint density at radius 2 is 2.38 bits per heavy atom. The summed E-state index contributed by atoms with van der Waals surface area (Å²) < 4.78 is 6.06. The van der Waals surface area contributed by atoms with Crippen molar-refractivity contribution in [1.29, 1.82) is 0 Å². The van der Waals surface area contributed by atoms with E-state index in [1.165, 1.54) is 16.2 Å². The summed E-state index contributed by atoms with van der Waals surface area (Å²) in [6.07, 6.45) is 3.73. The molecular weight excluding hydrogens is 328 g/mol. The molecule has 118 valence electrons. The van der Waals surface area contributed by atoms with Crippen LogP contribution in [-0.4, -0.2) is 39.9 Å². The first-order valence-electron chi connectivity index (χ1n) is 7.03. The second-order valence-corrected chi connectivity index (χ2v) is 8.79. The average Bonchev–Trinajstić information content (AvgIpc) is 2.96. The van der Waals surface area contributed by atoms with Gasteiger partial charge in [0.15, 0.2) is 4.47 Å². The van der Waals surface area contributed by atoms with Gasteiger partial charge in [0.05, 0.1) is 0 Å². The molecule has 0 saturated carbocycles. The summed E-state index contributed by atoms with van der Waals surface area (Å²) in [6.45, 7) is 6.50. The number of carbonyl (C=O) groups is 1. The molecule has 0 spiro atoms. The third-order valence-corrected chi connectivity index (χ3v) is 5.52. The van der Waals surface area contributed by atoms with E-state index in [0.29, 0.717) is 4.47 Å². The van der Waals surface area contributed by atoms with Crippen LogP contribution in [0.25, 0.3) is 0 Å². The number of rotatable bonds is 4. The van der Waals surface area contributed by atoms with Crippen molar-refractivity contribution in [3.63, 3.8) is 0 Å². The van der Waals surface area contributed by atoms with Gasteiger partial charge in [0, 0.05) is 35.2 Å². The lowest BCUT2D eigenvalue weighted by Crippen LogP contribution is -2.40. The second kappa shape index (κ2) is 7.20. The van der Waals surface area contributed by atoms with Gasteiger partial charge in [-0.25, -0.2) is 9.78 Å². The van der Waals surface area contributed by atoms with E-state index < -0.39 is 5.60 Å². The molecule has 2 heterocycles. The van der Waals surface area contributed by atoms with Gasteiger partial charge in [-0.05, 0) is 33.6 Å². The normalized spacial score (nSPS) is 19.0. The van der Waals surface area contributed by atoms with Crippen molar-refractivity contribution in [3.8, 4) is 0 Å². The largest absolute Gasteiger partial charge is 0.444 e. The van der Waals surface area contributed by atoms with Crippen LogP contribution in [0.5, 0.6) is 0 Å². The van der Waals surface area contributed by atoms with E-state index in [0.717, 1.165) is 30.9 Å². The minimum Gasteiger partial charge on any atom is -0.444 e. The summed E-state index contributed by atoms with van der Waals surface area (Å²) in [5, 5.41) is 0. The van der Waals surface area contributed by atoms with Gasteiger partial charge in [0.25, 0.3) is 0 Å². The van der Waals surface area contributed by atoms with E-state index in [-0.39, 0.29) is 12.1 Å². The van der Waals surface area contributed by atoms with Crippen LogP contribution in [0, 0.1) is 0 Å². The van der Waals surface area contributed by atoms with Crippen LogP contribution in [0.3, 0.4) is 0 Å². The summed E-state index contributed by atoms with van der Waals surface area (Å²) in [7, 11) is 0. The number of likely N-dealkylation sites (tertiary alicyclic amines) is 1. The molecule has 1 atom stereocenters. The van der Waals surface area contributed by atoms with Crippen molar-refractivity contribution in [2.45, 2.75) is 51.0 Å². The number of thioether (sulfide) groups is 1. The van der Waals surface area contributed by atoms with Gasteiger partial charge < -0.3 is 9.64 Å². The number of carbonyl (C=O) groups excluding carboxylic acids is 1. The Morgan fingerprint density at radius 3 is 3.00 bits per heavy atom. The van der Waals surface area contributed by atoms with E-state index >= 15 is 0 Å². The molecule has 7 heteroatoms. The van der Waals surface area contributed by atoms with Gasteiger partial charge in [-0.2, -0.15) is 11.8 Å². The Balaban J connectivity index is 1.80. The highest BCUT2D eigenvalue weighted by Crippen LogP contribution is 2.27. The molecule has 1 saturated heterocycles. The second-order valence-electron chi connectivity index (χ2n) is 6.06. The number of amides is 1. The number of aromatic nitrogens is 1. The SMILES string of the molecule is CC(C)(C)OC(=O)N1CCC[C@H]1CSCc1cnc(Cl)s1. The maximum Gasteiger partial charge on any atom is 0.410 e. The highest BCUT2D eigenvalue weighted by molar-refractivity contribution is 7.98. The number of thiazole rings is 1.